The fourth-order valence-electron chi connectivity index (χ4n) is 5.08. The van der Waals surface area contributed by atoms with E-state index in [1.54, 1.807) is 43.1 Å². The number of amides is 1. The van der Waals surface area contributed by atoms with Crippen LogP contribution >= 0.6 is 0 Å². The SMILES string of the molecule is COc1ccc(C(=O)N2[C@@H]3CCC[C@H]2c2nn(C)c(-c4cc(F)c(F)c(F)c4)c2C3)cc1. The monoisotopic (exact) mass is 441 g/mol. The highest BCUT2D eigenvalue weighted by atomic mass is 19.2. The first-order chi connectivity index (χ1) is 15.4. The smallest absolute Gasteiger partial charge is 0.254 e. The number of piperidine rings is 1. The molecule has 2 atom stereocenters. The van der Waals surface area contributed by atoms with E-state index < -0.39 is 17.5 Å². The van der Waals surface area contributed by atoms with Crippen LogP contribution in [-0.4, -0.2) is 33.7 Å². The van der Waals surface area contributed by atoms with Gasteiger partial charge in [-0.15, -0.1) is 0 Å². The molecule has 0 unspecified atom stereocenters. The molecule has 0 radical (unpaired) electrons. The van der Waals surface area contributed by atoms with Gasteiger partial charge in [-0.3, -0.25) is 9.48 Å². The minimum atomic E-state index is -1.49. The number of aryl methyl sites for hydroxylation is 1. The van der Waals surface area contributed by atoms with Crippen LogP contribution in [-0.2, 0) is 13.5 Å². The minimum Gasteiger partial charge on any atom is -0.497 e. The third-order valence-electron chi connectivity index (χ3n) is 6.50. The number of carbonyl (C=O) groups excluding carboxylic acids is 1. The Morgan fingerprint density at radius 1 is 1.09 bits per heavy atom. The normalized spacial score (nSPS) is 19.6. The summed E-state index contributed by atoms with van der Waals surface area (Å²) in [4.78, 5) is 15.3. The molecule has 2 bridgehead atoms. The molecule has 0 aliphatic carbocycles. The Labute approximate surface area is 183 Å². The average molecular weight is 441 g/mol. The lowest BCUT2D eigenvalue weighted by molar-refractivity contribution is 0.0392. The molecule has 166 valence electrons. The van der Waals surface area contributed by atoms with E-state index in [1.165, 1.54) is 0 Å². The highest BCUT2D eigenvalue weighted by molar-refractivity contribution is 5.95. The zero-order valence-corrected chi connectivity index (χ0v) is 17.7. The quantitative estimate of drug-likeness (QED) is 0.549. The first-order valence-corrected chi connectivity index (χ1v) is 10.6. The summed E-state index contributed by atoms with van der Waals surface area (Å²) >= 11 is 0. The van der Waals surface area contributed by atoms with E-state index >= 15 is 0 Å². The Hall–Kier alpha value is -3.29. The second-order valence-electron chi connectivity index (χ2n) is 8.34. The highest BCUT2D eigenvalue weighted by Crippen LogP contribution is 2.45. The van der Waals surface area contributed by atoms with Crippen LogP contribution in [0.15, 0.2) is 36.4 Å². The van der Waals surface area contributed by atoms with Crippen LogP contribution in [0.1, 0.15) is 46.9 Å². The lowest BCUT2D eigenvalue weighted by atomic mass is 9.81. The van der Waals surface area contributed by atoms with Crippen molar-refractivity contribution in [3.8, 4) is 17.0 Å². The van der Waals surface area contributed by atoms with Crippen LogP contribution in [0.3, 0.4) is 0 Å². The first kappa shape index (κ1) is 20.6. The Bertz CT molecular complexity index is 1180. The van der Waals surface area contributed by atoms with Crippen LogP contribution in [0.5, 0.6) is 5.75 Å². The van der Waals surface area contributed by atoms with Gasteiger partial charge in [0.25, 0.3) is 5.91 Å². The lowest BCUT2D eigenvalue weighted by Crippen LogP contribution is -2.49. The van der Waals surface area contributed by atoms with E-state index in [0.717, 1.165) is 42.7 Å². The maximum atomic E-state index is 13.9. The molecular weight excluding hydrogens is 419 g/mol. The number of aromatic nitrogens is 2. The van der Waals surface area contributed by atoms with Crippen molar-refractivity contribution >= 4 is 5.91 Å². The minimum absolute atomic E-state index is 0.0473. The van der Waals surface area contributed by atoms with Crippen LogP contribution in [0, 0.1) is 17.5 Å². The summed E-state index contributed by atoms with van der Waals surface area (Å²) in [5.74, 6) is -3.35. The molecule has 2 aliphatic heterocycles. The van der Waals surface area contributed by atoms with Crippen molar-refractivity contribution in [2.24, 2.45) is 7.05 Å². The van der Waals surface area contributed by atoms with Gasteiger partial charge in [-0.2, -0.15) is 5.10 Å². The van der Waals surface area contributed by atoms with Gasteiger partial charge in [0.15, 0.2) is 17.5 Å². The number of benzene rings is 2. The zero-order valence-electron chi connectivity index (χ0n) is 17.7. The van der Waals surface area contributed by atoms with Crippen molar-refractivity contribution in [3.05, 3.63) is 70.7 Å². The van der Waals surface area contributed by atoms with Gasteiger partial charge in [0, 0.05) is 29.8 Å². The maximum Gasteiger partial charge on any atom is 0.254 e. The Morgan fingerprint density at radius 3 is 2.44 bits per heavy atom. The average Bonchev–Trinajstić information content (AvgIpc) is 3.12. The van der Waals surface area contributed by atoms with Crippen molar-refractivity contribution in [1.82, 2.24) is 14.7 Å². The van der Waals surface area contributed by atoms with Crippen LogP contribution < -0.4 is 4.74 Å². The molecule has 32 heavy (non-hydrogen) atoms. The molecule has 5 nitrogen and oxygen atoms in total. The third-order valence-corrected chi connectivity index (χ3v) is 6.50. The van der Waals surface area contributed by atoms with Gasteiger partial charge in [0.05, 0.1) is 24.5 Å². The molecule has 1 amide bonds. The van der Waals surface area contributed by atoms with Crippen molar-refractivity contribution < 1.29 is 22.7 Å². The lowest BCUT2D eigenvalue weighted by Gasteiger charge is -2.45. The maximum absolute atomic E-state index is 13.9. The van der Waals surface area contributed by atoms with E-state index in [2.05, 4.69) is 5.10 Å². The molecular formula is C24H22F3N3O2. The number of ether oxygens (including phenoxy) is 1. The number of halogens is 3. The summed E-state index contributed by atoms with van der Waals surface area (Å²) in [6.07, 6.45) is 3.08. The van der Waals surface area contributed by atoms with Crippen LogP contribution in [0.2, 0.25) is 0 Å². The molecule has 0 spiro atoms. The van der Waals surface area contributed by atoms with Crippen LogP contribution in [0.4, 0.5) is 13.2 Å². The van der Waals surface area contributed by atoms with Crippen molar-refractivity contribution in [3.63, 3.8) is 0 Å². The van der Waals surface area contributed by atoms with Crippen molar-refractivity contribution in [2.45, 2.75) is 37.8 Å². The van der Waals surface area contributed by atoms with Crippen molar-refractivity contribution in [1.29, 1.82) is 0 Å². The van der Waals surface area contributed by atoms with E-state index in [-0.39, 0.29) is 23.6 Å². The molecule has 0 N–H and O–H groups in total. The van der Waals surface area contributed by atoms with Gasteiger partial charge < -0.3 is 9.64 Å². The predicted octanol–water partition coefficient (Wildman–Crippen LogP) is 4.81. The second kappa shape index (κ2) is 7.69. The Balaban J connectivity index is 1.56. The van der Waals surface area contributed by atoms with Crippen molar-refractivity contribution in [2.75, 3.05) is 7.11 Å². The summed E-state index contributed by atoms with van der Waals surface area (Å²) in [7, 11) is 3.28. The van der Waals surface area contributed by atoms with Gasteiger partial charge in [-0.1, -0.05) is 0 Å². The fourth-order valence-corrected chi connectivity index (χ4v) is 5.08. The van der Waals surface area contributed by atoms with Gasteiger partial charge in [0.2, 0.25) is 0 Å². The highest BCUT2D eigenvalue weighted by Gasteiger charge is 2.43. The summed E-state index contributed by atoms with van der Waals surface area (Å²) in [5.41, 5.74) is 2.98. The molecule has 2 aromatic carbocycles. The number of methoxy groups -OCH3 is 1. The standard InChI is InChI=1S/C24H22F3N3O2/c1-29-23(14-10-18(25)21(27)19(26)11-14)17-12-15-4-3-5-20(22(17)28-29)30(15)24(31)13-6-8-16(32-2)9-7-13/h6-11,15,20H,3-5,12H2,1-2H3/t15-,20+/m1/s1. The Morgan fingerprint density at radius 2 is 1.78 bits per heavy atom. The third kappa shape index (κ3) is 3.16. The Kier molecular flexibility index (Phi) is 4.95. The fraction of sp³-hybridized carbons (Fsp3) is 0.333. The van der Waals surface area contributed by atoms with Gasteiger partial charge in [-0.25, -0.2) is 13.2 Å². The molecule has 1 saturated heterocycles. The number of nitrogens with zero attached hydrogens (tertiary/aromatic N) is 3. The van der Waals surface area contributed by atoms with E-state index in [4.69, 9.17) is 4.74 Å². The number of rotatable bonds is 3. The number of hydrogen-bond donors (Lipinski definition) is 0. The molecule has 5 rings (SSSR count). The molecule has 3 aromatic rings. The second-order valence-corrected chi connectivity index (χ2v) is 8.34. The number of hydrogen-bond acceptors (Lipinski definition) is 3. The van der Waals surface area contributed by atoms with Crippen LogP contribution in [0.25, 0.3) is 11.3 Å². The zero-order chi connectivity index (χ0) is 22.6. The number of carbonyl (C=O) groups is 1. The molecule has 1 fully saturated rings. The van der Waals surface area contributed by atoms with Gasteiger partial charge in [0.1, 0.15) is 5.75 Å². The molecule has 1 aromatic heterocycles. The largest absolute Gasteiger partial charge is 0.497 e. The summed E-state index contributed by atoms with van der Waals surface area (Å²) < 4.78 is 48.1. The van der Waals surface area contributed by atoms with E-state index in [0.29, 0.717) is 23.4 Å². The van der Waals surface area contributed by atoms with Gasteiger partial charge in [-0.05, 0) is 62.1 Å². The summed E-state index contributed by atoms with van der Waals surface area (Å²) in [6, 6.07) is 8.75. The first-order valence-electron chi connectivity index (χ1n) is 10.6. The molecule has 0 saturated carbocycles. The molecule has 2 aliphatic rings. The topological polar surface area (TPSA) is 47.4 Å². The van der Waals surface area contributed by atoms with Gasteiger partial charge >= 0.3 is 0 Å². The predicted molar refractivity (Wildman–Crippen MR) is 112 cm³/mol. The molecule has 8 heteroatoms. The molecule has 3 heterocycles. The van der Waals surface area contributed by atoms with E-state index in [9.17, 15) is 18.0 Å². The summed E-state index contributed by atoms with van der Waals surface area (Å²) in [6.45, 7) is 0. The van der Waals surface area contributed by atoms with E-state index in [1.807, 2.05) is 4.90 Å². The number of fused-ring (bicyclic) bond motifs is 4. The summed E-state index contributed by atoms with van der Waals surface area (Å²) in [5, 5.41) is 4.65.